The van der Waals surface area contributed by atoms with E-state index in [0.29, 0.717) is 6.61 Å². The Labute approximate surface area is 108 Å². The minimum atomic E-state index is -1.39. The molecule has 1 aromatic carbocycles. The SMILES string of the molecule is NC1COCC1C(=O)Nc1ccc(F)c(C(=O)O)c1. The Balaban J connectivity index is 2.13. The summed E-state index contributed by atoms with van der Waals surface area (Å²) in [5.74, 6) is -3.10. The highest BCUT2D eigenvalue weighted by molar-refractivity contribution is 5.95. The summed E-state index contributed by atoms with van der Waals surface area (Å²) in [6.07, 6.45) is 0. The molecule has 4 N–H and O–H groups in total. The first kappa shape index (κ1) is 13.4. The Morgan fingerprint density at radius 2 is 2.16 bits per heavy atom. The van der Waals surface area contributed by atoms with Gasteiger partial charge in [-0.15, -0.1) is 0 Å². The summed E-state index contributed by atoms with van der Waals surface area (Å²) in [5.41, 5.74) is 5.41. The van der Waals surface area contributed by atoms with Crippen LogP contribution in [-0.2, 0) is 9.53 Å². The van der Waals surface area contributed by atoms with Crippen LogP contribution in [-0.4, -0.2) is 36.2 Å². The smallest absolute Gasteiger partial charge is 0.338 e. The third-order valence-corrected chi connectivity index (χ3v) is 2.93. The molecule has 102 valence electrons. The molecule has 1 aliphatic heterocycles. The molecule has 0 aliphatic carbocycles. The van der Waals surface area contributed by atoms with Gasteiger partial charge >= 0.3 is 5.97 Å². The van der Waals surface area contributed by atoms with Gasteiger partial charge in [-0.3, -0.25) is 4.79 Å². The fraction of sp³-hybridized carbons (Fsp3) is 0.333. The van der Waals surface area contributed by atoms with Crippen molar-refractivity contribution in [2.24, 2.45) is 11.7 Å². The van der Waals surface area contributed by atoms with E-state index in [2.05, 4.69) is 5.32 Å². The summed E-state index contributed by atoms with van der Waals surface area (Å²) in [6.45, 7) is 0.530. The Kier molecular flexibility index (Phi) is 3.77. The van der Waals surface area contributed by atoms with Crippen molar-refractivity contribution >= 4 is 17.6 Å². The van der Waals surface area contributed by atoms with Crippen LogP contribution in [0.4, 0.5) is 10.1 Å². The lowest BCUT2D eigenvalue weighted by atomic mass is 10.0. The van der Waals surface area contributed by atoms with Crippen LogP contribution in [0.1, 0.15) is 10.4 Å². The lowest BCUT2D eigenvalue weighted by Gasteiger charge is -2.13. The first-order valence-corrected chi connectivity index (χ1v) is 5.66. The average Bonchev–Trinajstić information content (AvgIpc) is 2.77. The second-order valence-corrected chi connectivity index (χ2v) is 4.30. The van der Waals surface area contributed by atoms with E-state index in [9.17, 15) is 14.0 Å². The van der Waals surface area contributed by atoms with Crippen molar-refractivity contribution < 1.29 is 23.8 Å². The second-order valence-electron chi connectivity index (χ2n) is 4.30. The molecule has 1 heterocycles. The normalized spacial score (nSPS) is 22.2. The molecule has 0 bridgehead atoms. The summed E-state index contributed by atoms with van der Waals surface area (Å²) < 4.78 is 18.3. The number of carbonyl (C=O) groups excluding carboxylic acids is 1. The summed E-state index contributed by atoms with van der Waals surface area (Å²) in [6, 6.07) is 2.96. The molecular formula is C12H13FN2O4. The van der Waals surface area contributed by atoms with E-state index >= 15 is 0 Å². The van der Waals surface area contributed by atoms with Gasteiger partial charge in [-0.25, -0.2) is 9.18 Å². The fourth-order valence-electron chi connectivity index (χ4n) is 1.84. The standard InChI is InChI=1S/C12H13FN2O4/c13-9-2-1-6(3-7(9)12(17)18)15-11(16)8-4-19-5-10(8)14/h1-3,8,10H,4-5,14H2,(H,15,16)(H,17,18). The van der Waals surface area contributed by atoms with Crippen LogP contribution < -0.4 is 11.1 Å². The van der Waals surface area contributed by atoms with Crippen LogP contribution in [0, 0.1) is 11.7 Å². The fourth-order valence-corrected chi connectivity index (χ4v) is 1.84. The number of hydrogen-bond acceptors (Lipinski definition) is 4. The largest absolute Gasteiger partial charge is 0.478 e. The molecule has 1 saturated heterocycles. The van der Waals surface area contributed by atoms with Gasteiger partial charge in [-0.1, -0.05) is 0 Å². The molecule has 2 atom stereocenters. The Bertz CT molecular complexity index is 520. The first-order chi connectivity index (χ1) is 8.99. The minimum Gasteiger partial charge on any atom is -0.478 e. The number of anilines is 1. The molecule has 1 aromatic rings. The van der Waals surface area contributed by atoms with Crippen molar-refractivity contribution in [3.63, 3.8) is 0 Å². The van der Waals surface area contributed by atoms with E-state index in [4.69, 9.17) is 15.6 Å². The molecule has 0 aromatic heterocycles. The van der Waals surface area contributed by atoms with Gasteiger partial charge in [0.2, 0.25) is 5.91 Å². The Hall–Kier alpha value is -1.99. The van der Waals surface area contributed by atoms with Crippen molar-refractivity contribution in [1.82, 2.24) is 0 Å². The summed E-state index contributed by atoms with van der Waals surface area (Å²) in [4.78, 5) is 22.7. The molecule has 2 rings (SSSR count). The molecule has 19 heavy (non-hydrogen) atoms. The summed E-state index contributed by atoms with van der Waals surface area (Å²) >= 11 is 0. The maximum atomic E-state index is 13.2. The van der Waals surface area contributed by atoms with Crippen LogP contribution in [0.2, 0.25) is 0 Å². The molecule has 2 unspecified atom stereocenters. The van der Waals surface area contributed by atoms with Gasteiger partial charge in [0.15, 0.2) is 0 Å². The average molecular weight is 268 g/mol. The van der Waals surface area contributed by atoms with Gasteiger partial charge < -0.3 is 20.9 Å². The highest BCUT2D eigenvalue weighted by atomic mass is 19.1. The third kappa shape index (κ3) is 2.88. The van der Waals surface area contributed by atoms with Crippen LogP contribution in [0.25, 0.3) is 0 Å². The van der Waals surface area contributed by atoms with Crippen LogP contribution >= 0.6 is 0 Å². The van der Waals surface area contributed by atoms with Gasteiger partial charge in [-0.2, -0.15) is 0 Å². The molecule has 1 aliphatic rings. The topological polar surface area (TPSA) is 102 Å². The molecule has 0 spiro atoms. The number of aromatic carboxylic acids is 1. The highest BCUT2D eigenvalue weighted by Crippen LogP contribution is 2.18. The van der Waals surface area contributed by atoms with E-state index in [1.807, 2.05) is 0 Å². The van der Waals surface area contributed by atoms with Gasteiger partial charge in [0.1, 0.15) is 5.82 Å². The number of halogens is 1. The molecule has 6 nitrogen and oxygen atoms in total. The zero-order valence-electron chi connectivity index (χ0n) is 9.93. The molecule has 7 heteroatoms. The summed E-state index contributed by atoms with van der Waals surface area (Å²) in [7, 11) is 0. The minimum absolute atomic E-state index is 0.211. The number of rotatable bonds is 3. The number of ether oxygens (including phenoxy) is 1. The number of nitrogens with one attached hydrogen (secondary N) is 1. The number of carboxylic acid groups (broad SMARTS) is 1. The van der Waals surface area contributed by atoms with Crippen LogP contribution in [0.15, 0.2) is 18.2 Å². The van der Waals surface area contributed by atoms with Crippen molar-refractivity contribution in [2.75, 3.05) is 18.5 Å². The van der Waals surface area contributed by atoms with Gasteiger partial charge in [0.05, 0.1) is 24.7 Å². The summed E-state index contributed by atoms with van der Waals surface area (Å²) in [5, 5.41) is 11.3. The van der Waals surface area contributed by atoms with Crippen molar-refractivity contribution in [1.29, 1.82) is 0 Å². The maximum absolute atomic E-state index is 13.2. The Morgan fingerprint density at radius 3 is 2.74 bits per heavy atom. The number of benzene rings is 1. The van der Waals surface area contributed by atoms with Crippen LogP contribution in [0.3, 0.4) is 0 Å². The molecule has 0 radical (unpaired) electrons. The molecule has 0 saturated carbocycles. The van der Waals surface area contributed by atoms with E-state index in [1.165, 1.54) is 6.07 Å². The van der Waals surface area contributed by atoms with Gasteiger partial charge in [0, 0.05) is 11.7 Å². The zero-order chi connectivity index (χ0) is 14.0. The van der Waals surface area contributed by atoms with E-state index in [0.717, 1.165) is 12.1 Å². The predicted octanol–water partition coefficient (Wildman–Crippen LogP) is 0.436. The third-order valence-electron chi connectivity index (χ3n) is 2.93. The highest BCUT2D eigenvalue weighted by Gasteiger charge is 2.31. The lowest BCUT2D eigenvalue weighted by Crippen LogP contribution is -2.37. The number of hydrogen-bond donors (Lipinski definition) is 3. The zero-order valence-corrected chi connectivity index (χ0v) is 9.93. The van der Waals surface area contributed by atoms with E-state index < -0.39 is 23.3 Å². The number of nitrogens with two attached hydrogens (primary N) is 1. The second kappa shape index (κ2) is 5.33. The number of carbonyl (C=O) groups is 2. The maximum Gasteiger partial charge on any atom is 0.338 e. The lowest BCUT2D eigenvalue weighted by molar-refractivity contribution is -0.120. The first-order valence-electron chi connectivity index (χ1n) is 5.66. The van der Waals surface area contributed by atoms with Crippen LogP contribution in [0.5, 0.6) is 0 Å². The van der Waals surface area contributed by atoms with Crippen molar-refractivity contribution in [3.8, 4) is 0 Å². The van der Waals surface area contributed by atoms with Gasteiger partial charge in [-0.05, 0) is 18.2 Å². The van der Waals surface area contributed by atoms with Gasteiger partial charge in [0.25, 0.3) is 0 Å². The molecule has 1 fully saturated rings. The van der Waals surface area contributed by atoms with Crippen molar-refractivity contribution in [3.05, 3.63) is 29.6 Å². The Morgan fingerprint density at radius 1 is 1.42 bits per heavy atom. The quantitative estimate of drug-likeness (QED) is 0.738. The van der Waals surface area contributed by atoms with Crippen molar-refractivity contribution in [2.45, 2.75) is 6.04 Å². The van der Waals surface area contributed by atoms with E-state index in [-0.39, 0.29) is 24.2 Å². The predicted molar refractivity (Wildman–Crippen MR) is 64.3 cm³/mol. The molecular weight excluding hydrogens is 255 g/mol. The number of amides is 1. The molecule has 1 amide bonds. The van der Waals surface area contributed by atoms with E-state index in [1.54, 1.807) is 0 Å². The number of carboxylic acids is 1. The monoisotopic (exact) mass is 268 g/mol.